The van der Waals surface area contributed by atoms with E-state index in [1.165, 1.54) is 6.40 Å². The summed E-state index contributed by atoms with van der Waals surface area (Å²) in [5.74, 6) is -6.09. The highest BCUT2D eigenvalue weighted by Crippen LogP contribution is 2.12. The lowest BCUT2D eigenvalue weighted by atomic mass is 10.4. The fourth-order valence-electron chi connectivity index (χ4n) is 2.16. The molecule has 0 bridgehead atoms. The minimum absolute atomic E-state index is 0.0130. The second-order valence-corrected chi connectivity index (χ2v) is 6.91. The lowest BCUT2D eigenvalue weighted by molar-refractivity contribution is -0.201. The molecule has 0 aliphatic carbocycles. The van der Waals surface area contributed by atoms with Crippen LogP contribution in [-0.2, 0) is 62.1 Å². The smallest absolute Gasteiger partial charge is 0.370 e. The minimum atomic E-state index is -1.22. The number of terminal acetylenes is 1. The Morgan fingerprint density at radius 3 is 1.46 bits per heavy atom. The number of rotatable bonds is 13. The third kappa shape index (κ3) is 19.3. The number of carboxylic acids is 1. The Balaban J connectivity index is 0. The van der Waals surface area contributed by atoms with Gasteiger partial charge >= 0.3 is 23.9 Å². The third-order valence-electron chi connectivity index (χ3n) is 3.84. The van der Waals surface area contributed by atoms with Crippen LogP contribution in [0.25, 0.3) is 0 Å². The Kier molecular flexibility index (Phi) is 20.9. The van der Waals surface area contributed by atoms with Crippen molar-refractivity contribution in [1.82, 2.24) is 10.1 Å². The molecule has 2 aliphatic rings. The van der Waals surface area contributed by atoms with E-state index in [4.69, 9.17) is 21.9 Å². The van der Waals surface area contributed by atoms with Crippen LogP contribution in [0.5, 0.6) is 0 Å². The number of esters is 2. The first-order valence-electron chi connectivity index (χ1n) is 11.7. The van der Waals surface area contributed by atoms with Gasteiger partial charge in [-0.25, -0.2) is 19.2 Å². The standard InChI is InChI=1S/C10H13NO8.C6H10O6.C4H5NO3.C2H2/c12-3-4-17-5-9(15)18-6-10(16)19-11-7(13)1-2-8(11)14;7-1-2-11-4-6(10)12-3-5(8)9;6-3-1-2-4(7)5(3)8;1-2/h12H,1-6H2;7H,1-4H2,(H,8,9);8H,1-2H2;1-2H/i;;;1D. The Labute approximate surface area is 233 Å². The van der Waals surface area contributed by atoms with E-state index in [1.54, 1.807) is 0 Å². The summed E-state index contributed by atoms with van der Waals surface area (Å²) in [5, 5.41) is 33.6. The summed E-state index contributed by atoms with van der Waals surface area (Å²) in [5.41, 5.74) is 0. The summed E-state index contributed by atoms with van der Waals surface area (Å²) >= 11 is 0. The summed E-state index contributed by atoms with van der Waals surface area (Å²) in [6, 6.07) is 0. The van der Waals surface area contributed by atoms with Crippen LogP contribution in [0.15, 0.2) is 0 Å². The average molecular weight is 595 g/mol. The van der Waals surface area contributed by atoms with Crippen molar-refractivity contribution in [2.24, 2.45) is 0 Å². The first-order chi connectivity index (χ1) is 19.8. The van der Waals surface area contributed by atoms with Crippen LogP contribution in [0, 0.1) is 12.8 Å². The number of ether oxygens (including phenoxy) is 4. The number of nitrogens with zero attached hydrogens (tertiary/aromatic N) is 2. The van der Waals surface area contributed by atoms with Gasteiger partial charge in [0.25, 0.3) is 23.6 Å². The highest BCUT2D eigenvalue weighted by molar-refractivity contribution is 6.01. The molecule has 2 saturated heterocycles. The molecular formula is C22H30N2O17. The highest BCUT2D eigenvalue weighted by atomic mass is 16.7. The Bertz CT molecular complexity index is 948. The maximum atomic E-state index is 11.2. The van der Waals surface area contributed by atoms with Crippen molar-refractivity contribution in [2.45, 2.75) is 25.7 Å². The SMILES string of the molecule is O=C(COCCO)OCC(=O)ON1C(=O)CCC1=O.O=C(O)COC(=O)COCCO.O=C1CCC(=O)N1O.[2H]C#C. The van der Waals surface area contributed by atoms with Crippen molar-refractivity contribution in [3.63, 3.8) is 0 Å². The Hall–Kier alpha value is -4.48. The molecule has 230 valence electrons. The first kappa shape index (κ1) is 36.5. The van der Waals surface area contributed by atoms with Crippen LogP contribution in [-0.4, -0.2) is 131 Å². The van der Waals surface area contributed by atoms with Gasteiger partial charge in [-0.1, -0.05) is 0 Å². The topological polar surface area (TPSA) is 270 Å². The zero-order valence-corrected chi connectivity index (χ0v) is 21.6. The maximum absolute atomic E-state index is 11.2. The van der Waals surface area contributed by atoms with Crippen molar-refractivity contribution >= 4 is 47.5 Å². The van der Waals surface area contributed by atoms with Crippen LogP contribution in [0.4, 0.5) is 0 Å². The average Bonchev–Trinajstić information content (AvgIpc) is 3.42. The van der Waals surface area contributed by atoms with Gasteiger partial charge in [0, 0.05) is 25.7 Å². The number of aliphatic hydroxyl groups is 2. The molecule has 2 aliphatic heterocycles. The number of carbonyl (C=O) groups is 8. The van der Waals surface area contributed by atoms with Crippen LogP contribution in [0.3, 0.4) is 0 Å². The zero-order valence-electron chi connectivity index (χ0n) is 22.6. The van der Waals surface area contributed by atoms with E-state index in [0.717, 1.165) is 0 Å². The van der Waals surface area contributed by atoms with E-state index in [0.29, 0.717) is 5.06 Å². The molecule has 0 unspecified atom stereocenters. The van der Waals surface area contributed by atoms with Gasteiger partial charge in [0.2, 0.25) is 0 Å². The van der Waals surface area contributed by atoms with Gasteiger partial charge in [-0.05, 0) is 0 Å². The van der Waals surface area contributed by atoms with Crippen molar-refractivity contribution in [2.75, 3.05) is 52.9 Å². The van der Waals surface area contributed by atoms with E-state index in [9.17, 15) is 38.4 Å². The molecule has 4 amide bonds. The van der Waals surface area contributed by atoms with Crippen molar-refractivity contribution in [3.8, 4) is 12.8 Å². The normalized spacial score (nSPS) is 13.8. The maximum Gasteiger partial charge on any atom is 0.370 e. The van der Waals surface area contributed by atoms with E-state index in [-0.39, 0.29) is 63.8 Å². The van der Waals surface area contributed by atoms with E-state index >= 15 is 0 Å². The Morgan fingerprint density at radius 1 is 0.732 bits per heavy atom. The number of carbonyl (C=O) groups excluding carboxylic acids is 7. The fourth-order valence-corrected chi connectivity index (χ4v) is 2.16. The monoisotopic (exact) mass is 595 g/mol. The molecular weight excluding hydrogens is 564 g/mol. The number of hydroxylamine groups is 4. The summed E-state index contributed by atoms with van der Waals surface area (Å²) < 4.78 is 23.6. The van der Waals surface area contributed by atoms with Gasteiger partial charge in [-0.15, -0.1) is 17.9 Å². The molecule has 0 radical (unpaired) electrons. The second-order valence-electron chi connectivity index (χ2n) is 6.91. The molecule has 41 heavy (non-hydrogen) atoms. The summed E-state index contributed by atoms with van der Waals surface area (Å²) in [7, 11) is 0. The largest absolute Gasteiger partial charge is 0.479 e. The number of amides is 4. The summed E-state index contributed by atoms with van der Waals surface area (Å²) in [4.78, 5) is 89.8. The fraction of sp³-hybridized carbons (Fsp3) is 0.545. The van der Waals surface area contributed by atoms with Gasteiger partial charge in [-0.3, -0.25) is 24.4 Å². The predicted octanol–water partition coefficient (Wildman–Crippen LogP) is -3.46. The number of aliphatic hydroxyl groups excluding tert-OH is 2. The number of aliphatic carboxylic acids is 1. The number of hydrogen-bond acceptors (Lipinski definition) is 16. The lowest BCUT2D eigenvalue weighted by Gasteiger charge is -2.12. The second kappa shape index (κ2) is 23.4. The van der Waals surface area contributed by atoms with Crippen molar-refractivity contribution in [1.29, 1.82) is 0 Å². The van der Waals surface area contributed by atoms with Crippen LogP contribution < -0.4 is 0 Å². The van der Waals surface area contributed by atoms with Crippen LogP contribution in [0.1, 0.15) is 27.1 Å². The van der Waals surface area contributed by atoms with Crippen LogP contribution in [0.2, 0.25) is 0 Å². The molecule has 0 atom stereocenters. The van der Waals surface area contributed by atoms with Gasteiger partial charge in [-0.2, -0.15) is 5.06 Å². The molecule has 0 saturated carbocycles. The molecule has 0 aromatic heterocycles. The molecule has 19 heteroatoms. The van der Waals surface area contributed by atoms with Crippen molar-refractivity contribution in [3.05, 3.63) is 0 Å². The summed E-state index contributed by atoms with van der Waals surface area (Å²) in [6.45, 7) is -2.60. The third-order valence-corrected chi connectivity index (χ3v) is 3.84. The van der Waals surface area contributed by atoms with Gasteiger partial charge in [0.05, 0.1) is 26.4 Å². The lowest BCUT2D eigenvalue weighted by Crippen LogP contribution is -2.34. The number of imide groups is 2. The van der Waals surface area contributed by atoms with Crippen LogP contribution >= 0.6 is 0 Å². The van der Waals surface area contributed by atoms with E-state index in [2.05, 4.69) is 30.2 Å². The first-order valence-corrected chi connectivity index (χ1v) is 11.2. The van der Waals surface area contributed by atoms with E-state index in [1.807, 2.05) is 0 Å². The van der Waals surface area contributed by atoms with Gasteiger partial charge in [0.1, 0.15) is 14.6 Å². The molecule has 2 rings (SSSR count). The molecule has 2 fully saturated rings. The number of carboxylic acid groups (broad SMARTS) is 1. The molecule has 2 heterocycles. The predicted molar refractivity (Wildman–Crippen MR) is 125 cm³/mol. The highest BCUT2D eigenvalue weighted by Gasteiger charge is 2.33. The zero-order chi connectivity index (χ0) is 32.5. The quantitative estimate of drug-likeness (QED) is 0.0529. The van der Waals surface area contributed by atoms with Crippen molar-refractivity contribution < 1.29 is 84.0 Å². The molecule has 0 aromatic carbocycles. The van der Waals surface area contributed by atoms with E-state index < -0.39 is 67.3 Å². The molecule has 0 spiro atoms. The minimum Gasteiger partial charge on any atom is -0.479 e. The molecule has 0 aromatic rings. The Morgan fingerprint density at radius 2 is 1.12 bits per heavy atom. The van der Waals surface area contributed by atoms with Gasteiger partial charge in [0.15, 0.2) is 13.2 Å². The molecule has 19 nitrogen and oxygen atoms in total. The number of hydrogen-bond donors (Lipinski definition) is 4. The summed E-state index contributed by atoms with van der Waals surface area (Å²) in [6.07, 6.45) is 6.03. The van der Waals surface area contributed by atoms with Gasteiger partial charge < -0.3 is 39.1 Å². The molecule has 4 N–H and O–H groups in total.